The van der Waals surface area contributed by atoms with E-state index in [2.05, 4.69) is 5.32 Å². The fourth-order valence-corrected chi connectivity index (χ4v) is 1.45. The Balaban J connectivity index is 2.58. The van der Waals surface area contributed by atoms with Gasteiger partial charge in [-0.05, 0) is 32.4 Å². The Morgan fingerprint density at radius 3 is 2.35 bits per heavy atom. The number of hydrogen-bond acceptors (Lipinski definition) is 2. The Morgan fingerprint density at radius 1 is 1.24 bits per heavy atom. The fourth-order valence-electron chi connectivity index (χ4n) is 1.45. The van der Waals surface area contributed by atoms with Crippen LogP contribution in [0.2, 0.25) is 0 Å². The molecule has 0 saturated heterocycles. The van der Waals surface area contributed by atoms with E-state index >= 15 is 0 Å². The third-order valence-corrected chi connectivity index (χ3v) is 2.45. The summed E-state index contributed by atoms with van der Waals surface area (Å²) in [4.78, 5) is 22.3. The summed E-state index contributed by atoms with van der Waals surface area (Å²) < 4.78 is 0. The van der Waals surface area contributed by atoms with Crippen LogP contribution in [-0.4, -0.2) is 22.5 Å². The van der Waals surface area contributed by atoms with Gasteiger partial charge in [0.05, 0.1) is 0 Å². The molecule has 1 rings (SSSR count). The summed E-state index contributed by atoms with van der Waals surface area (Å²) in [5.41, 5.74) is 0.0570. The van der Waals surface area contributed by atoms with Crippen LogP contribution in [-0.2, 0) is 4.79 Å². The first-order chi connectivity index (χ1) is 7.91. The minimum atomic E-state index is -0.855. The van der Waals surface area contributed by atoms with Gasteiger partial charge in [0.25, 0.3) is 5.91 Å². The molecule has 0 radical (unpaired) electrons. The summed E-state index contributed by atoms with van der Waals surface area (Å²) in [7, 11) is 0. The maximum Gasteiger partial charge on any atom is 0.303 e. The molecule has 0 aromatic heterocycles. The van der Waals surface area contributed by atoms with Crippen molar-refractivity contribution in [1.82, 2.24) is 5.32 Å². The summed E-state index contributed by atoms with van der Waals surface area (Å²) in [6.45, 7) is 3.63. The number of aliphatic carboxylic acids is 1. The maximum absolute atomic E-state index is 11.8. The predicted octanol–water partition coefficient (Wildman–Crippen LogP) is 2.06. The molecule has 1 aromatic carbocycles. The SMILES string of the molecule is CC(C)(CCC(=O)O)NC(=O)c1ccccc1. The lowest BCUT2D eigenvalue weighted by molar-refractivity contribution is -0.137. The number of carboxylic acids is 1. The van der Waals surface area contributed by atoms with Crippen molar-refractivity contribution < 1.29 is 14.7 Å². The Hall–Kier alpha value is -1.84. The molecule has 0 heterocycles. The minimum absolute atomic E-state index is 0.0437. The summed E-state index contributed by atoms with van der Waals surface area (Å²) in [6, 6.07) is 8.87. The molecule has 1 amide bonds. The molecular weight excluding hydrogens is 218 g/mol. The first-order valence-corrected chi connectivity index (χ1v) is 5.50. The molecule has 2 N–H and O–H groups in total. The number of benzene rings is 1. The predicted molar refractivity (Wildman–Crippen MR) is 64.9 cm³/mol. The highest BCUT2D eigenvalue weighted by Crippen LogP contribution is 2.12. The van der Waals surface area contributed by atoms with Crippen LogP contribution in [0, 0.1) is 0 Å². The van der Waals surface area contributed by atoms with Crippen LogP contribution < -0.4 is 5.32 Å². The molecule has 1 aromatic rings. The maximum atomic E-state index is 11.8. The van der Waals surface area contributed by atoms with Gasteiger partial charge in [-0.1, -0.05) is 18.2 Å². The number of carboxylic acid groups (broad SMARTS) is 1. The van der Waals surface area contributed by atoms with E-state index in [4.69, 9.17) is 5.11 Å². The molecule has 0 bridgehead atoms. The van der Waals surface area contributed by atoms with Gasteiger partial charge in [0.1, 0.15) is 0 Å². The summed E-state index contributed by atoms with van der Waals surface area (Å²) >= 11 is 0. The highest BCUT2D eigenvalue weighted by molar-refractivity contribution is 5.94. The van der Waals surface area contributed by atoms with Crippen LogP contribution in [0.4, 0.5) is 0 Å². The van der Waals surface area contributed by atoms with Crippen LogP contribution in [0.1, 0.15) is 37.0 Å². The van der Waals surface area contributed by atoms with Gasteiger partial charge in [-0.2, -0.15) is 0 Å². The van der Waals surface area contributed by atoms with Gasteiger partial charge in [-0.25, -0.2) is 0 Å². The first kappa shape index (κ1) is 13.2. The van der Waals surface area contributed by atoms with E-state index in [9.17, 15) is 9.59 Å². The van der Waals surface area contributed by atoms with Crippen LogP contribution in [0.3, 0.4) is 0 Å². The minimum Gasteiger partial charge on any atom is -0.481 e. The Morgan fingerprint density at radius 2 is 1.82 bits per heavy atom. The second-order valence-corrected chi connectivity index (χ2v) is 4.60. The third kappa shape index (κ3) is 4.68. The monoisotopic (exact) mass is 235 g/mol. The molecule has 0 unspecified atom stereocenters. The summed E-state index contributed by atoms with van der Waals surface area (Å²) in [6.07, 6.45) is 0.447. The third-order valence-electron chi connectivity index (χ3n) is 2.45. The molecule has 17 heavy (non-hydrogen) atoms. The van der Waals surface area contributed by atoms with Crippen molar-refractivity contribution in [2.75, 3.05) is 0 Å². The van der Waals surface area contributed by atoms with E-state index in [0.717, 1.165) is 0 Å². The van der Waals surface area contributed by atoms with Gasteiger partial charge < -0.3 is 10.4 Å². The summed E-state index contributed by atoms with van der Waals surface area (Å²) in [5.74, 6) is -1.03. The van der Waals surface area contributed by atoms with E-state index < -0.39 is 11.5 Å². The zero-order valence-electron chi connectivity index (χ0n) is 10.1. The number of amides is 1. The molecule has 0 spiro atoms. The first-order valence-electron chi connectivity index (χ1n) is 5.50. The van der Waals surface area contributed by atoms with Crippen molar-refractivity contribution in [3.05, 3.63) is 35.9 Å². The molecular formula is C13H17NO3. The zero-order valence-corrected chi connectivity index (χ0v) is 10.1. The van der Waals surface area contributed by atoms with E-state index in [0.29, 0.717) is 12.0 Å². The molecule has 0 aliphatic carbocycles. The van der Waals surface area contributed by atoms with Crippen molar-refractivity contribution >= 4 is 11.9 Å². The molecule has 0 aliphatic heterocycles. The standard InChI is InChI=1S/C13H17NO3/c1-13(2,9-8-11(15)16)14-12(17)10-6-4-3-5-7-10/h3-7H,8-9H2,1-2H3,(H,14,17)(H,15,16). The average Bonchev–Trinajstić information content (AvgIpc) is 2.27. The van der Waals surface area contributed by atoms with Crippen molar-refractivity contribution in [2.45, 2.75) is 32.2 Å². The van der Waals surface area contributed by atoms with E-state index in [-0.39, 0.29) is 12.3 Å². The number of carbonyl (C=O) groups is 2. The quantitative estimate of drug-likeness (QED) is 0.821. The van der Waals surface area contributed by atoms with Crippen LogP contribution in [0.25, 0.3) is 0 Å². The van der Waals surface area contributed by atoms with Gasteiger partial charge in [-0.3, -0.25) is 9.59 Å². The number of hydrogen-bond donors (Lipinski definition) is 2. The van der Waals surface area contributed by atoms with Crippen molar-refractivity contribution in [3.8, 4) is 0 Å². The normalized spacial score (nSPS) is 10.9. The van der Waals surface area contributed by atoms with Gasteiger partial charge >= 0.3 is 5.97 Å². The van der Waals surface area contributed by atoms with Gasteiger partial charge in [0, 0.05) is 17.5 Å². The van der Waals surface area contributed by atoms with E-state index in [1.807, 2.05) is 19.9 Å². The van der Waals surface area contributed by atoms with Crippen molar-refractivity contribution in [1.29, 1.82) is 0 Å². The smallest absolute Gasteiger partial charge is 0.303 e. The molecule has 0 aliphatic rings. The molecule has 0 fully saturated rings. The van der Waals surface area contributed by atoms with E-state index in [1.165, 1.54) is 0 Å². The van der Waals surface area contributed by atoms with Gasteiger partial charge in [-0.15, -0.1) is 0 Å². The highest BCUT2D eigenvalue weighted by atomic mass is 16.4. The van der Waals surface area contributed by atoms with Gasteiger partial charge in [0.15, 0.2) is 0 Å². The van der Waals surface area contributed by atoms with E-state index in [1.54, 1.807) is 24.3 Å². The number of rotatable bonds is 5. The lowest BCUT2D eigenvalue weighted by Crippen LogP contribution is -2.43. The largest absolute Gasteiger partial charge is 0.481 e. The van der Waals surface area contributed by atoms with Crippen molar-refractivity contribution in [2.24, 2.45) is 0 Å². The Kier molecular flexibility index (Phi) is 4.26. The second kappa shape index (κ2) is 5.48. The van der Waals surface area contributed by atoms with Crippen LogP contribution in [0.15, 0.2) is 30.3 Å². The van der Waals surface area contributed by atoms with Crippen molar-refractivity contribution in [3.63, 3.8) is 0 Å². The molecule has 92 valence electrons. The number of carbonyl (C=O) groups excluding carboxylic acids is 1. The van der Waals surface area contributed by atoms with Crippen LogP contribution >= 0.6 is 0 Å². The molecule has 0 atom stereocenters. The molecule has 0 saturated carbocycles. The Bertz CT molecular complexity index is 398. The molecule has 4 nitrogen and oxygen atoms in total. The average molecular weight is 235 g/mol. The molecule has 4 heteroatoms. The Labute approximate surface area is 101 Å². The zero-order chi connectivity index (χ0) is 12.9. The van der Waals surface area contributed by atoms with Gasteiger partial charge in [0.2, 0.25) is 0 Å². The topological polar surface area (TPSA) is 66.4 Å². The lowest BCUT2D eigenvalue weighted by atomic mass is 9.98. The number of nitrogens with one attached hydrogen (secondary N) is 1. The highest BCUT2D eigenvalue weighted by Gasteiger charge is 2.21. The lowest BCUT2D eigenvalue weighted by Gasteiger charge is -2.25. The fraction of sp³-hybridized carbons (Fsp3) is 0.385. The summed E-state index contributed by atoms with van der Waals surface area (Å²) in [5, 5.41) is 11.4. The second-order valence-electron chi connectivity index (χ2n) is 4.60. The van der Waals surface area contributed by atoms with Crippen LogP contribution in [0.5, 0.6) is 0 Å².